The van der Waals surface area contributed by atoms with Crippen LogP contribution in [0.3, 0.4) is 0 Å². The molecule has 14 heavy (non-hydrogen) atoms. The molecule has 0 amide bonds. The molecule has 0 aromatic heterocycles. The molecule has 1 rings (SSSR count). The fraction of sp³-hybridized carbons (Fsp3) is 0.300. The molecule has 0 aliphatic carbocycles. The molecule has 0 bridgehead atoms. The van der Waals surface area contributed by atoms with E-state index < -0.39 is 11.6 Å². The number of aliphatic carboxylic acids is 1. The summed E-state index contributed by atoms with van der Waals surface area (Å²) in [6, 6.07) is 4.29. The molecule has 0 spiro atoms. The highest BCUT2D eigenvalue weighted by Crippen LogP contribution is 2.26. The van der Waals surface area contributed by atoms with Gasteiger partial charge in [-0.05, 0) is 31.0 Å². The van der Waals surface area contributed by atoms with Crippen molar-refractivity contribution in [2.24, 2.45) is 0 Å². The minimum Gasteiger partial charge on any atom is -0.508 e. The average molecular weight is 196 g/mol. The topological polar surface area (TPSA) is 77.8 Å². The van der Waals surface area contributed by atoms with Gasteiger partial charge in [-0.3, -0.25) is 0 Å². The predicted octanol–water partition coefficient (Wildman–Crippen LogP) is 0.993. The lowest BCUT2D eigenvalue weighted by atomic mass is 9.95. The first kappa shape index (κ1) is 10.5. The molecule has 1 aromatic rings. The highest BCUT2D eigenvalue weighted by Gasteiger charge is 2.32. The fourth-order valence-electron chi connectivity index (χ4n) is 1.04. The Bertz CT molecular complexity index is 368. The zero-order valence-corrected chi connectivity index (χ0v) is 7.98. The third-order valence-corrected chi connectivity index (χ3v) is 2.19. The molecular weight excluding hydrogens is 184 g/mol. The van der Waals surface area contributed by atoms with Gasteiger partial charge in [0.25, 0.3) is 0 Å². The Kier molecular flexibility index (Phi) is 2.49. The van der Waals surface area contributed by atoms with Crippen LogP contribution in [0.4, 0.5) is 0 Å². The van der Waals surface area contributed by atoms with Crippen LogP contribution in [0.1, 0.15) is 18.1 Å². The predicted molar refractivity (Wildman–Crippen MR) is 50.1 cm³/mol. The van der Waals surface area contributed by atoms with Gasteiger partial charge in [0.1, 0.15) is 5.75 Å². The van der Waals surface area contributed by atoms with E-state index in [-0.39, 0.29) is 11.3 Å². The minimum atomic E-state index is -1.97. The van der Waals surface area contributed by atoms with Gasteiger partial charge < -0.3 is 15.3 Å². The molecule has 1 unspecified atom stereocenters. The van der Waals surface area contributed by atoms with Crippen molar-refractivity contribution >= 4 is 5.97 Å². The normalized spacial score (nSPS) is 14.8. The van der Waals surface area contributed by atoms with Crippen molar-refractivity contribution in [3.63, 3.8) is 0 Å². The lowest BCUT2D eigenvalue weighted by molar-refractivity contribution is -0.157. The molecule has 0 radical (unpaired) electrons. The van der Waals surface area contributed by atoms with Crippen LogP contribution in [-0.2, 0) is 10.4 Å². The molecule has 0 saturated carbocycles. The lowest BCUT2D eigenvalue weighted by Crippen LogP contribution is -2.31. The summed E-state index contributed by atoms with van der Waals surface area (Å²) in [4.78, 5) is 10.7. The summed E-state index contributed by atoms with van der Waals surface area (Å²) in [5.74, 6) is -1.37. The van der Waals surface area contributed by atoms with E-state index in [0.29, 0.717) is 5.56 Å². The molecular formula is C10H12O4. The van der Waals surface area contributed by atoms with Gasteiger partial charge >= 0.3 is 5.97 Å². The van der Waals surface area contributed by atoms with Gasteiger partial charge in [0.2, 0.25) is 0 Å². The van der Waals surface area contributed by atoms with Crippen LogP contribution in [0.5, 0.6) is 5.75 Å². The smallest absolute Gasteiger partial charge is 0.340 e. The van der Waals surface area contributed by atoms with Crippen molar-refractivity contribution in [2.45, 2.75) is 19.4 Å². The third-order valence-electron chi connectivity index (χ3n) is 2.19. The lowest BCUT2D eigenvalue weighted by Gasteiger charge is -2.18. The van der Waals surface area contributed by atoms with Crippen molar-refractivity contribution in [3.05, 3.63) is 29.3 Å². The molecule has 0 aliphatic rings. The number of phenolic OH excluding ortho intramolecular Hbond substituents is 1. The second-order valence-corrected chi connectivity index (χ2v) is 3.38. The highest BCUT2D eigenvalue weighted by molar-refractivity contribution is 5.78. The van der Waals surface area contributed by atoms with Gasteiger partial charge in [-0.15, -0.1) is 0 Å². The van der Waals surface area contributed by atoms with E-state index in [1.807, 2.05) is 0 Å². The van der Waals surface area contributed by atoms with E-state index >= 15 is 0 Å². The Labute approximate surface area is 81.4 Å². The molecule has 1 aromatic carbocycles. The number of aromatic hydroxyl groups is 1. The summed E-state index contributed by atoms with van der Waals surface area (Å²) in [5.41, 5.74) is -1.17. The van der Waals surface area contributed by atoms with E-state index in [0.717, 1.165) is 0 Å². The summed E-state index contributed by atoms with van der Waals surface area (Å²) in [7, 11) is 0. The monoisotopic (exact) mass is 196 g/mol. The number of aliphatic hydroxyl groups is 1. The number of phenols is 1. The zero-order chi connectivity index (χ0) is 10.9. The Morgan fingerprint density at radius 1 is 1.43 bits per heavy atom. The second kappa shape index (κ2) is 3.31. The van der Waals surface area contributed by atoms with Gasteiger partial charge in [0.15, 0.2) is 5.60 Å². The maximum Gasteiger partial charge on any atom is 0.340 e. The van der Waals surface area contributed by atoms with Crippen LogP contribution >= 0.6 is 0 Å². The maximum absolute atomic E-state index is 10.7. The van der Waals surface area contributed by atoms with Gasteiger partial charge in [-0.1, -0.05) is 12.1 Å². The van der Waals surface area contributed by atoms with Crippen molar-refractivity contribution in [1.82, 2.24) is 0 Å². The number of hydrogen-bond donors (Lipinski definition) is 3. The van der Waals surface area contributed by atoms with Crippen LogP contribution in [0.2, 0.25) is 0 Å². The molecule has 0 aliphatic heterocycles. The van der Waals surface area contributed by atoms with Crippen molar-refractivity contribution in [1.29, 1.82) is 0 Å². The molecule has 0 heterocycles. The highest BCUT2D eigenvalue weighted by atomic mass is 16.4. The molecule has 0 saturated heterocycles. The van der Waals surface area contributed by atoms with Crippen LogP contribution in [0, 0.1) is 6.92 Å². The van der Waals surface area contributed by atoms with Crippen LogP contribution in [0.25, 0.3) is 0 Å². The number of rotatable bonds is 2. The first-order valence-corrected chi connectivity index (χ1v) is 4.11. The first-order chi connectivity index (χ1) is 6.35. The Morgan fingerprint density at radius 3 is 2.43 bits per heavy atom. The van der Waals surface area contributed by atoms with Crippen LogP contribution in [0.15, 0.2) is 18.2 Å². The summed E-state index contributed by atoms with van der Waals surface area (Å²) < 4.78 is 0. The van der Waals surface area contributed by atoms with E-state index in [9.17, 15) is 15.0 Å². The van der Waals surface area contributed by atoms with E-state index in [1.165, 1.54) is 19.1 Å². The molecule has 3 N–H and O–H groups in total. The first-order valence-electron chi connectivity index (χ1n) is 4.11. The SMILES string of the molecule is Cc1ccc(C(C)(O)C(=O)O)cc1O. The number of carboxylic acid groups (broad SMARTS) is 1. The van der Waals surface area contributed by atoms with E-state index in [2.05, 4.69) is 0 Å². The second-order valence-electron chi connectivity index (χ2n) is 3.38. The van der Waals surface area contributed by atoms with Crippen molar-refractivity contribution in [2.75, 3.05) is 0 Å². The van der Waals surface area contributed by atoms with Gasteiger partial charge in [-0.25, -0.2) is 4.79 Å². The Morgan fingerprint density at radius 2 is 2.00 bits per heavy atom. The third kappa shape index (κ3) is 1.70. The number of hydrogen-bond acceptors (Lipinski definition) is 3. The summed E-state index contributed by atoms with van der Waals surface area (Å²) >= 11 is 0. The number of carboxylic acids is 1. The molecule has 76 valence electrons. The Balaban J connectivity index is 3.21. The van der Waals surface area contributed by atoms with E-state index in [1.54, 1.807) is 13.0 Å². The van der Waals surface area contributed by atoms with E-state index in [4.69, 9.17) is 5.11 Å². The van der Waals surface area contributed by atoms with Gasteiger partial charge in [0, 0.05) is 0 Å². The summed E-state index contributed by atoms with van der Waals surface area (Å²) in [6.07, 6.45) is 0. The van der Waals surface area contributed by atoms with Gasteiger partial charge in [0.05, 0.1) is 0 Å². The van der Waals surface area contributed by atoms with Crippen molar-refractivity contribution < 1.29 is 20.1 Å². The molecule has 1 atom stereocenters. The molecule has 4 nitrogen and oxygen atoms in total. The Hall–Kier alpha value is -1.55. The molecule has 4 heteroatoms. The number of aryl methyl sites for hydroxylation is 1. The molecule has 0 fully saturated rings. The van der Waals surface area contributed by atoms with Gasteiger partial charge in [-0.2, -0.15) is 0 Å². The standard InChI is InChI=1S/C10H12O4/c1-6-3-4-7(5-8(6)11)10(2,14)9(12)13/h3-5,11,14H,1-2H3,(H,12,13). The fourth-order valence-corrected chi connectivity index (χ4v) is 1.04. The zero-order valence-electron chi connectivity index (χ0n) is 7.98. The van der Waals surface area contributed by atoms with Crippen LogP contribution in [-0.4, -0.2) is 21.3 Å². The van der Waals surface area contributed by atoms with Crippen molar-refractivity contribution in [3.8, 4) is 5.75 Å². The quantitative estimate of drug-likeness (QED) is 0.659. The summed E-state index contributed by atoms with van der Waals surface area (Å²) in [5, 5.41) is 27.6. The maximum atomic E-state index is 10.7. The van der Waals surface area contributed by atoms with Crippen LogP contribution < -0.4 is 0 Å². The largest absolute Gasteiger partial charge is 0.508 e. The number of benzene rings is 1. The average Bonchev–Trinajstić information content (AvgIpc) is 2.09. The summed E-state index contributed by atoms with van der Waals surface area (Å²) in [6.45, 7) is 2.86. The number of carbonyl (C=O) groups is 1. The minimum absolute atomic E-state index is 0.0241.